The van der Waals surface area contributed by atoms with Crippen LogP contribution in [0.3, 0.4) is 0 Å². The average molecular weight is 298 g/mol. The molecule has 2 rings (SSSR count). The van der Waals surface area contributed by atoms with Gasteiger partial charge in [0.15, 0.2) is 0 Å². The van der Waals surface area contributed by atoms with Gasteiger partial charge in [-0.3, -0.25) is 10.1 Å². The van der Waals surface area contributed by atoms with Gasteiger partial charge in [-0.05, 0) is 27.9 Å². The largest absolute Gasteiger partial charge is 0.356 e. The van der Waals surface area contributed by atoms with E-state index in [0.29, 0.717) is 11.6 Å². The van der Waals surface area contributed by atoms with Gasteiger partial charge in [-0.15, -0.1) is 0 Å². The Morgan fingerprint density at radius 3 is 2.82 bits per heavy atom. The molecule has 2 aromatic rings. The van der Waals surface area contributed by atoms with Gasteiger partial charge in [-0.1, -0.05) is 19.0 Å². The van der Waals surface area contributed by atoms with E-state index in [1.54, 1.807) is 18.3 Å². The monoisotopic (exact) mass is 297 g/mol. The molecule has 0 aliphatic carbocycles. The Labute approximate surface area is 107 Å². The quantitative estimate of drug-likeness (QED) is 0.914. The Balaban J connectivity index is 2.07. The van der Waals surface area contributed by atoms with E-state index in [1.807, 2.05) is 13.8 Å². The minimum atomic E-state index is -0.262. The number of nitrogens with zero attached hydrogens (tertiary/aromatic N) is 1. The molecule has 6 heteroatoms. The highest BCUT2D eigenvalue weighted by atomic mass is 79.9. The minimum absolute atomic E-state index is 0.262. The summed E-state index contributed by atoms with van der Waals surface area (Å²) in [5.74, 6) is 0.357. The van der Waals surface area contributed by atoms with Gasteiger partial charge in [0.1, 0.15) is 5.69 Å². The summed E-state index contributed by atoms with van der Waals surface area (Å²) in [6.45, 7) is 4.01. The van der Waals surface area contributed by atoms with Crippen LogP contribution < -0.4 is 5.32 Å². The van der Waals surface area contributed by atoms with Gasteiger partial charge < -0.3 is 9.51 Å². The number of rotatable bonds is 3. The number of hydrogen-bond acceptors (Lipinski definition) is 3. The van der Waals surface area contributed by atoms with Crippen molar-refractivity contribution in [1.82, 2.24) is 10.1 Å². The van der Waals surface area contributed by atoms with E-state index in [-0.39, 0.29) is 11.8 Å². The van der Waals surface area contributed by atoms with Gasteiger partial charge in [0.2, 0.25) is 5.88 Å². The summed E-state index contributed by atoms with van der Waals surface area (Å²) >= 11 is 3.26. The Morgan fingerprint density at radius 1 is 1.53 bits per heavy atom. The summed E-state index contributed by atoms with van der Waals surface area (Å²) in [4.78, 5) is 14.6. The second-order valence-electron chi connectivity index (χ2n) is 3.96. The summed E-state index contributed by atoms with van der Waals surface area (Å²) in [6.07, 6.45) is 1.69. The molecule has 0 spiro atoms. The highest BCUT2D eigenvalue weighted by Gasteiger charge is 2.12. The maximum Gasteiger partial charge on any atom is 0.274 e. The first-order valence-corrected chi connectivity index (χ1v) is 5.97. The first-order valence-electron chi connectivity index (χ1n) is 5.18. The number of carbonyl (C=O) groups is 1. The van der Waals surface area contributed by atoms with Crippen LogP contribution >= 0.6 is 15.9 Å². The van der Waals surface area contributed by atoms with E-state index >= 15 is 0 Å². The predicted octanol–water partition coefficient (Wildman–Crippen LogP) is 3.14. The number of hydrogen-bond donors (Lipinski definition) is 2. The number of halogens is 1. The fourth-order valence-corrected chi connectivity index (χ4v) is 1.64. The zero-order chi connectivity index (χ0) is 12.4. The zero-order valence-corrected chi connectivity index (χ0v) is 11.0. The Kier molecular flexibility index (Phi) is 3.33. The van der Waals surface area contributed by atoms with E-state index < -0.39 is 0 Å². The molecule has 0 aliphatic heterocycles. The average Bonchev–Trinajstić information content (AvgIpc) is 2.86. The molecule has 1 amide bonds. The first kappa shape index (κ1) is 11.9. The number of amides is 1. The molecule has 17 heavy (non-hydrogen) atoms. The van der Waals surface area contributed by atoms with Gasteiger partial charge in [0.05, 0.1) is 5.69 Å². The number of aromatic amines is 1. The summed E-state index contributed by atoms with van der Waals surface area (Å²) in [7, 11) is 0. The van der Waals surface area contributed by atoms with Gasteiger partial charge >= 0.3 is 0 Å². The minimum Gasteiger partial charge on any atom is -0.356 e. The van der Waals surface area contributed by atoms with Crippen LogP contribution in [0.15, 0.2) is 27.3 Å². The second kappa shape index (κ2) is 4.75. The van der Waals surface area contributed by atoms with E-state index in [2.05, 4.69) is 31.4 Å². The fraction of sp³-hybridized carbons (Fsp3) is 0.273. The van der Waals surface area contributed by atoms with E-state index in [1.165, 1.54) is 0 Å². The summed E-state index contributed by atoms with van der Waals surface area (Å²) in [5, 5.41) is 6.49. The molecular weight excluding hydrogens is 286 g/mol. The molecule has 0 aliphatic rings. The molecule has 0 atom stereocenters. The third-order valence-electron chi connectivity index (χ3n) is 2.25. The summed E-state index contributed by atoms with van der Waals surface area (Å²) in [5.41, 5.74) is 1.27. The summed E-state index contributed by atoms with van der Waals surface area (Å²) < 4.78 is 5.84. The van der Waals surface area contributed by atoms with Gasteiger partial charge in [-0.25, -0.2) is 0 Å². The van der Waals surface area contributed by atoms with Crippen LogP contribution in [-0.2, 0) is 0 Å². The van der Waals surface area contributed by atoms with Gasteiger partial charge in [0.25, 0.3) is 5.91 Å². The molecule has 0 aromatic carbocycles. The van der Waals surface area contributed by atoms with Crippen molar-refractivity contribution in [3.05, 3.63) is 34.2 Å². The number of nitrogens with one attached hydrogen (secondary N) is 2. The van der Waals surface area contributed by atoms with Crippen molar-refractivity contribution < 1.29 is 9.32 Å². The SMILES string of the molecule is CC(C)c1cc(NC(=O)c2cc(Br)c[nH]2)on1. The van der Waals surface area contributed by atoms with Crippen LogP contribution in [0.1, 0.15) is 35.9 Å². The van der Waals surface area contributed by atoms with E-state index in [4.69, 9.17) is 4.52 Å². The topological polar surface area (TPSA) is 70.9 Å². The number of anilines is 1. The number of H-pyrrole nitrogens is 1. The fourth-order valence-electron chi connectivity index (χ4n) is 1.30. The first-order chi connectivity index (χ1) is 8.06. The predicted molar refractivity (Wildman–Crippen MR) is 67.0 cm³/mol. The molecule has 2 aromatic heterocycles. The molecule has 0 fully saturated rings. The maximum absolute atomic E-state index is 11.8. The highest BCUT2D eigenvalue weighted by Crippen LogP contribution is 2.18. The van der Waals surface area contributed by atoms with E-state index in [0.717, 1.165) is 10.2 Å². The molecule has 2 heterocycles. The van der Waals surface area contributed by atoms with Crippen molar-refractivity contribution in [2.45, 2.75) is 19.8 Å². The molecule has 0 radical (unpaired) electrons. The molecule has 5 nitrogen and oxygen atoms in total. The lowest BCUT2D eigenvalue weighted by atomic mass is 10.1. The lowest BCUT2D eigenvalue weighted by Crippen LogP contribution is -2.11. The number of aromatic nitrogens is 2. The van der Waals surface area contributed by atoms with Crippen LogP contribution in [0.25, 0.3) is 0 Å². The Bertz CT molecular complexity index is 530. The molecule has 0 bridgehead atoms. The molecular formula is C11H12BrN3O2. The van der Waals surface area contributed by atoms with Crippen molar-refractivity contribution in [1.29, 1.82) is 0 Å². The third-order valence-corrected chi connectivity index (χ3v) is 2.71. The molecule has 0 unspecified atom stereocenters. The lowest BCUT2D eigenvalue weighted by Gasteiger charge is -1.97. The molecule has 0 saturated carbocycles. The smallest absolute Gasteiger partial charge is 0.274 e. The van der Waals surface area contributed by atoms with Crippen LogP contribution in [0.5, 0.6) is 0 Å². The van der Waals surface area contributed by atoms with Crippen LogP contribution in [0.2, 0.25) is 0 Å². The van der Waals surface area contributed by atoms with Crippen LogP contribution in [0.4, 0.5) is 5.88 Å². The van der Waals surface area contributed by atoms with Crippen molar-refractivity contribution in [3.63, 3.8) is 0 Å². The summed E-state index contributed by atoms with van der Waals surface area (Å²) in [6, 6.07) is 3.41. The Morgan fingerprint density at radius 2 is 2.29 bits per heavy atom. The van der Waals surface area contributed by atoms with Crippen LogP contribution in [0, 0.1) is 0 Å². The van der Waals surface area contributed by atoms with E-state index in [9.17, 15) is 4.79 Å². The van der Waals surface area contributed by atoms with Gasteiger partial charge in [0, 0.05) is 16.7 Å². The van der Waals surface area contributed by atoms with Gasteiger partial charge in [-0.2, -0.15) is 0 Å². The molecule has 90 valence electrons. The lowest BCUT2D eigenvalue weighted by molar-refractivity contribution is 0.101. The van der Waals surface area contributed by atoms with Crippen molar-refractivity contribution in [2.75, 3.05) is 5.32 Å². The standard InChI is InChI=1S/C11H12BrN3O2/c1-6(2)8-4-10(17-15-8)14-11(16)9-3-7(12)5-13-9/h3-6,13H,1-2H3,(H,14,16). The van der Waals surface area contributed by atoms with Crippen LogP contribution in [-0.4, -0.2) is 16.0 Å². The maximum atomic E-state index is 11.8. The normalized spacial score (nSPS) is 10.8. The van der Waals surface area contributed by atoms with Crippen molar-refractivity contribution >= 4 is 27.7 Å². The second-order valence-corrected chi connectivity index (χ2v) is 4.87. The zero-order valence-electron chi connectivity index (χ0n) is 9.45. The Hall–Kier alpha value is -1.56. The highest BCUT2D eigenvalue weighted by molar-refractivity contribution is 9.10. The molecule has 2 N–H and O–H groups in total. The third kappa shape index (κ3) is 2.76. The van der Waals surface area contributed by atoms with Crippen molar-refractivity contribution in [2.24, 2.45) is 0 Å². The van der Waals surface area contributed by atoms with Crippen molar-refractivity contribution in [3.8, 4) is 0 Å². The number of carbonyl (C=O) groups excluding carboxylic acids is 1. The molecule has 0 saturated heterocycles.